The zero-order chi connectivity index (χ0) is 27.7. The van der Waals surface area contributed by atoms with E-state index in [-0.39, 0.29) is 11.3 Å². The Morgan fingerprint density at radius 2 is 1.88 bits per heavy atom. The van der Waals surface area contributed by atoms with Crippen molar-refractivity contribution in [2.24, 2.45) is 5.10 Å². The average Bonchev–Trinajstić information content (AvgIpc) is 3.49. The fourth-order valence-electron chi connectivity index (χ4n) is 4.91. The molecule has 0 aromatic heterocycles. The van der Waals surface area contributed by atoms with Crippen LogP contribution in [0.25, 0.3) is 0 Å². The van der Waals surface area contributed by atoms with Crippen LogP contribution in [0.15, 0.2) is 47.6 Å². The molecule has 0 radical (unpaired) electrons. The molecule has 2 aromatic carbocycles. The number of carbonyl (C=O) groups excluding carboxylic acids is 2. The second-order valence-electron chi connectivity index (χ2n) is 9.96. The lowest BCUT2D eigenvalue weighted by Crippen LogP contribution is -2.38. The van der Waals surface area contributed by atoms with Crippen LogP contribution in [-0.4, -0.2) is 85.4 Å². The van der Waals surface area contributed by atoms with Gasteiger partial charge in [0, 0.05) is 36.6 Å². The minimum absolute atomic E-state index is 0.106. The van der Waals surface area contributed by atoms with Gasteiger partial charge in [-0.2, -0.15) is 5.10 Å². The summed E-state index contributed by atoms with van der Waals surface area (Å²) in [6.45, 7) is 4.46. The molecule has 0 bridgehead atoms. The van der Waals surface area contributed by atoms with E-state index in [0.717, 1.165) is 42.8 Å². The van der Waals surface area contributed by atoms with Gasteiger partial charge in [-0.05, 0) is 61.6 Å². The van der Waals surface area contributed by atoms with Gasteiger partial charge in [0.25, 0.3) is 0 Å². The Kier molecular flexibility index (Phi) is 9.80. The van der Waals surface area contributed by atoms with Crippen LogP contribution in [0.4, 0.5) is 15.3 Å². The second kappa shape index (κ2) is 13.9. The molecule has 2 amide bonds. The summed E-state index contributed by atoms with van der Waals surface area (Å²) in [6.07, 6.45) is 4.19. The SMILES string of the molecule is COc1ccc(C2=NN(Cc3ccc(NC(=O)OCCN4CCOCC4)cc3)C(=O)SC2)cc1OC1CCCC1. The molecule has 3 aliphatic rings. The molecule has 2 aromatic rings. The lowest BCUT2D eigenvalue weighted by atomic mass is 10.1. The number of nitrogens with one attached hydrogen (secondary N) is 1. The van der Waals surface area contributed by atoms with Gasteiger partial charge >= 0.3 is 11.3 Å². The number of anilines is 1. The number of benzene rings is 2. The number of nitrogens with zero attached hydrogens (tertiary/aromatic N) is 3. The number of hydrazone groups is 1. The van der Waals surface area contributed by atoms with Gasteiger partial charge in [0.2, 0.25) is 0 Å². The Bertz CT molecular complexity index is 1200. The first kappa shape index (κ1) is 28.3. The van der Waals surface area contributed by atoms with Crippen LogP contribution < -0.4 is 14.8 Å². The molecule has 11 heteroatoms. The Morgan fingerprint density at radius 3 is 2.62 bits per heavy atom. The number of ether oxygens (including phenoxy) is 4. The molecule has 2 aliphatic heterocycles. The van der Waals surface area contributed by atoms with E-state index in [0.29, 0.717) is 55.8 Å². The van der Waals surface area contributed by atoms with Crippen molar-refractivity contribution < 1.29 is 28.5 Å². The van der Waals surface area contributed by atoms with Crippen molar-refractivity contribution in [3.8, 4) is 11.5 Å². The summed E-state index contributed by atoms with van der Waals surface area (Å²) >= 11 is 1.23. The molecule has 0 unspecified atom stereocenters. The molecule has 5 rings (SSSR count). The van der Waals surface area contributed by atoms with E-state index in [1.165, 1.54) is 29.6 Å². The maximum absolute atomic E-state index is 12.7. The number of rotatable bonds is 10. The Labute approximate surface area is 239 Å². The second-order valence-corrected chi connectivity index (χ2v) is 10.9. The highest BCUT2D eigenvalue weighted by Gasteiger charge is 2.24. The van der Waals surface area contributed by atoms with Gasteiger partial charge in [-0.25, -0.2) is 9.80 Å². The molecule has 214 valence electrons. The van der Waals surface area contributed by atoms with Crippen molar-refractivity contribution in [1.82, 2.24) is 9.91 Å². The fraction of sp³-hybridized carbons (Fsp3) is 0.483. The predicted octanol–water partition coefficient (Wildman–Crippen LogP) is 4.97. The first-order valence-electron chi connectivity index (χ1n) is 13.8. The molecule has 2 heterocycles. The van der Waals surface area contributed by atoms with E-state index in [1.807, 2.05) is 30.3 Å². The summed E-state index contributed by atoms with van der Waals surface area (Å²) in [4.78, 5) is 27.0. The van der Waals surface area contributed by atoms with E-state index >= 15 is 0 Å². The minimum atomic E-state index is -0.492. The van der Waals surface area contributed by atoms with E-state index in [4.69, 9.17) is 18.9 Å². The van der Waals surface area contributed by atoms with Gasteiger partial charge in [-0.15, -0.1) is 0 Å². The van der Waals surface area contributed by atoms with Crippen LogP contribution in [0.2, 0.25) is 0 Å². The van der Waals surface area contributed by atoms with Crippen LogP contribution in [0, 0.1) is 0 Å². The number of amides is 2. The number of morpholine rings is 1. The molecule has 1 saturated heterocycles. The highest BCUT2D eigenvalue weighted by molar-refractivity contribution is 8.14. The number of carbonyl (C=O) groups is 2. The van der Waals surface area contributed by atoms with E-state index in [2.05, 4.69) is 15.3 Å². The van der Waals surface area contributed by atoms with E-state index < -0.39 is 6.09 Å². The predicted molar refractivity (Wildman–Crippen MR) is 154 cm³/mol. The minimum Gasteiger partial charge on any atom is -0.493 e. The summed E-state index contributed by atoms with van der Waals surface area (Å²) in [5.41, 5.74) is 3.23. The summed E-state index contributed by atoms with van der Waals surface area (Å²) in [6, 6.07) is 13.1. The third-order valence-electron chi connectivity index (χ3n) is 7.15. The Morgan fingerprint density at radius 1 is 1.10 bits per heavy atom. The average molecular weight is 569 g/mol. The molecule has 1 saturated carbocycles. The highest BCUT2D eigenvalue weighted by Crippen LogP contribution is 2.33. The van der Waals surface area contributed by atoms with Crippen LogP contribution in [0.3, 0.4) is 0 Å². The van der Waals surface area contributed by atoms with E-state index in [9.17, 15) is 9.59 Å². The van der Waals surface area contributed by atoms with Crippen molar-refractivity contribution in [3.05, 3.63) is 53.6 Å². The number of thioether (sulfide) groups is 1. The third kappa shape index (κ3) is 7.67. The molecule has 1 N–H and O–H groups in total. The molecule has 0 spiro atoms. The third-order valence-corrected chi connectivity index (χ3v) is 8.03. The van der Waals surface area contributed by atoms with E-state index in [1.54, 1.807) is 19.2 Å². The number of hydrogen-bond donors (Lipinski definition) is 1. The molecule has 10 nitrogen and oxygen atoms in total. The van der Waals surface area contributed by atoms with Gasteiger partial charge < -0.3 is 18.9 Å². The molecular formula is C29H36N4O6S. The lowest BCUT2D eigenvalue weighted by Gasteiger charge is -2.26. The smallest absolute Gasteiger partial charge is 0.411 e. The Balaban J connectivity index is 1.17. The first-order valence-corrected chi connectivity index (χ1v) is 14.8. The van der Waals surface area contributed by atoms with Crippen LogP contribution in [0.1, 0.15) is 36.8 Å². The van der Waals surface area contributed by atoms with Gasteiger partial charge in [-0.1, -0.05) is 23.9 Å². The molecule has 2 fully saturated rings. The van der Waals surface area contributed by atoms with Crippen molar-refractivity contribution >= 4 is 34.5 Å². The van der Waals surface area contributed by atoms with Crippen molar-refractivity contribution in [2.45, 2.75) is 38.3 Å². The monoisotopic (exact) mass is 568 g/mol. The standard InChI is InChI=1S/C29H36N4O6S/c1-36-26-11-8-22(18-27(26)39-24-4-2-3-5-24)25-20-40-29(35)33(31-25)19-21-6-9-23(10-7-21)30-28(34)38-17-14-32-12-15-37-16-13-32/h6-11,18,24H,2-5,12-17,19-20H2,1H3,(H,30,34). The maximum atomic E-state index is 12.7. The van der Waals surface area contributed by atoms with Crippen molar-refractivity contribution in [2.75, 3.05) is 57.6 Å². The Hall–Kier alpha value is -3.28. The number of hydrogen-bond acceptors (Lipinski definition) is 9. The molecular weight excluding hydrogens is 532 g/mol. The van der Waals surface area contributed by atoms with Crippen LogP contribution >= 0.6 is 11.8 Å². The van der Waals surface area contributed by atoms with Crippen molar-refractivity contribution in [1.29, 1.82) is 0 Å². The summed E-state index contributed by atoms with van der Waals surface area (Å²) in [5.74, 6) is 1.90. The summed E-state index contributed by atoms with van der Waals surface area (Å²) in [5, 5.41) is 8.80. The van der Waals surface area contributed by atoms with Gasteiger partial charge in [0.1, 0.15) is 6.61 Å². The lowest BCUT2D eigenvalue weighted by molar-refractivity contribution is 0.0290. The normalized spacial score (nSPS) is 18.4. The number of methoxy groups -OCH3 is 1. The zero-order valence-electron chi connectivity index (χ0n) is 22.8. The van der Waals surface area contributed by atoms with Crippen LogP contribution in [-0.2, 0) is 16.0 Å². The van der Waals surface area contributed by atoms with Crippen molar-refractivity contribution in [3.63, 3.8) is 0 Å². The largest absolute Gasteiger partial charge is 0.493 e. The summed E-state index contributed by atoms with van der Waals surface area (Å²) < 4.78 is 22.4. The van der Waals surface area contributed by atoms with Crippen LogP contribution in [0.5, 0.6) is 11.5 Å². The fourth-order valence-corrected chi connectivity index (χ4v) is 5.65. The van der Waals surface area contributed by atoms with Gasteiger partial charge in [-0.3, -0.25) is 15.0 Å². The maximum Gasteiger partial charge on any atom is 0.411 e. The zero-order valence-corrected chi connectivity index (χ0v) is 23.6. The quantitative estimate of drug-likeness (QED) is 0.429. The van der Waals surface area contributed by atoms with Gasteiger partial charge in [0.15, 0.2) is 11.5 Å². The topological polar surface area (TPSA) is 102 Å². The first-order chi connectivity index (χ1) is 19.6. The molecule has 40 heavy (non-hydrogen) atoms. The summed E-state index contributed by atoms with van der Waals surface area (Å²) in [7, 11) is 1.64. The molecule has 1 aliphatic carbocycles. The molecule has 0 atom stereocenters. The highest BCUT2D eigenvalue weighted by atomic mass is 32.2. The van der Waals surface area contributed by atoms with Gasteiger partial charge in [0.05, 0.1) is 38.7 Å².